The van der Waals surface area contributed by atoms with E-state index in [9.17, 15) is 31.6 Å². The molecule has 2 atom stereocenters. The Morgan fingerprint density at radius 2 is 1.86 bits per heavy atom. The Morgan fingerprint density at radius 3 is 2.48 bits per heavy atom. The van der Waals surface area contributed by atoms with Crippen LogP contribution in [0.25, 0.3) is 0 Å². The van der Waals surface area contributed by atoms with Crippen LogP contribution in [-0.4, -0.2) is 68.2 Å². The summed E-state index contributed by atoms with van der Waals surface area (Å²) in [6.07, 6.45) is -0.161. The summed E-state index contributed by atoms with van der Waals surface area (Å²) in [7, 11) is -3.13. The molecule has 1 aromatic carbocycles. The summed E-state index contributed by atoms with van der Waals surface area (Å²) in [4.78, 5) is 39.6. The lowest BCUT2D eigenvalue weighted by Gasteiger charge is -2.29. The summed E-state index contributed by atoms with van der Waals surface area (Å²) in [6.45, 7) is 1.54. The molecule has 3 amide bonds. The monoisotopic (exact) mass is 429 g/mol. The lowest BCUT2D eigenvalue weighted by molar-refractivity contribution is -0.136. The third kappa shape index (κ3) is 4.72. The van der Waals surface area contributed by atoms with Crippen LogP contribution in [0.4, 0.5) is 14.5 Å². The smallest absolute Gasteiger partial charge is 0.244 e. The Balaban J connectivity index is 1.59. The van der Waals surface area contributed by atoms with Gasteiger partial charge < -0.3 is 15.1 Å². The number of nitrogens with zero attached hydrogens (tertiary/aromatic N) is 2. The molecule has 29 heavy (non-hydrogen) atoms. The first-order valence-electron chi connectivity index (χ1n) is 9.12. The summed E-state index contributed by atoms with van der Waals surface area (Å²) in [6, 6.07) is 1.93. The highest BCUT2D eigenvalue weighted by molar-refractivity contribution is 7.91. The van der Waals surface area contributed by atoms with E-state index in [4.69, 9.17) is 0 Å². The number of halogens is 2. The van der Waals surface area contributed by atoms with E-state index in [1.54, 1.807) is 0 Å². The van der Waals surface area contributed by atoms with Crippen LogP contribution < -0.4 is 10.2 Å². The number of nitrogens with one attached hydrogen (secondary N) is 1. The minimum Gasteiger partial charge on any atom is -0.344 e. The van der Waals surface area contributed by atoms with Gasteiger partial charge in [0.1, 0.15) is 17.7 Å². The van der Waals surface area contributed by atoms with E-state index in [2.05, 4.69) is 5.32 Å². The number of amides is 3. The highest BCUT2D eigenvalue weighted by atomic mass is 32.2. The van der Waals surface area contributed by atoms with Crippen molar-refractivity contribution in [3.63, 3.8) is 0 Å². The van der Waals surface area contributed by atoms with Gasteiger partial charge in [-0.15, -0.1) is 0 Å². The maximum atomic E-state index is 14.0. The molecule has 3 rings (SSSR count). The standard InChI is InChI=1S/C18H21F2N3O5S/c1-11(18(26)22-4-6-29(27,28)7-5-22)21-17(25)12-8-16(24)23(10-12)15-3-2-13(19)9-14(15)20/h2-3,9,11-12H,4-8,10H2,1H3,(H,21,25). The van der Waals surface area contributed by atoms with E-state index in [1.165, 1.54) is 11.8 Å². The minimum atomic E-state index is -3.13. The van der Waals surface area contributed by atoms with Gasteiger partial charge >= 0.3 is 0 Å². The summed E-state index contributed by atoms with van der Waals surface area (Å²) in [5.41, 5.74) is -0.106. The van der Waals surface area contributed by atoms with Crippen molar-refractivity contribution < 1.29 is 31.6 Å². The number of anilines is 1. The Bertz CT molecular complexity index is 939. The molecule has 0 aromatic heterocycles. The highest BCUT2D eigenvalue weighted by Crippen LogP contribution is 2.28. The summed E-state index contributed by atoms with van der Waals surface area (Å²) >= 11 is 0. The molecule has 2 unspecified atom stereocenters. The van der Waals surface area contributed by atoms with Gasteiger partial charge in [-0.1, -0.05) is 0 Å². The van der Waals surface area contributed by atoms with Crippen molar-refractivity contribution in [2.24, 2.45) is 5.92 Å². The molecule has 0 aliphatic carbocycles. The van der Waals surface area contributed by atoms with Crippen molar-refractivity contribution in [2.45, 2.75) is 19.4 Å². The van der Waals surface area contributed by atoms with Crippen LogP contribution in [0.1, 0.15) is 13.3 Å². The molecule has 1 N–H and O–H groups in total. The molecule has 1 aromatic rings. The number of carbonyl (C=O) groups is 3. The molecule has 158 valence electrons. The van der Waals surface area contributed by atoms with Gasteiger partial charge in [0.15, 0.2) is 9.84 Å². The van der Waals surface area contributed by atoms with Crippen LogP contribution in [0.5, 0.6) is 0 Å². The SMILES string of the molecule is CC(NC(=O)C1CC(=O)N(c2ccc(F)cc2F)C1)C(=O)N1CCS(=O)(=O)CC1. The van der Waals surface area contributed by atoms with Crippen molar-refractivity contribution >= 4 is 33.2 Å². The molecule has 0 saturated carbocycles. The molecule has 0 spiro atoms. The van der Waals surface area contributed by atoms with Crippen molar-refractivity contribution in [1.29, 1.82) is 0 Å². The van der Waals surface area contributed by atoms with Gasteiger partial charge in [0.25, 0.3) is 0 Å². The zero-order valence-corrected chi connectivity index (χ0v) is 16.5. The number of rotatable bonds is 4. The second kappa shape index (κ2) is 8.05. The minimum absolute atomic E-state index is 0.0704. The summed E-state index contributed by atoms with van der Waals surface area (Å²) in [5.74, 6) is -4.11. The fraction of sp³-hybridized carbons (Fsp3) is 0.500. The van der Waals surface area contributed by atoms with Crippen LogP contribution in [-0.2, 0) is 24.2 Å². The van der Waals surface area contributed by atoms with Crippen molar-refractivity contribution in [1.82, 2.24) is 10.2 Å². The van der Waals surface area contributed by atoms with Gasteiger partial charge in [-0.25, -0.2) is 17.2 Å². The lowest BCUT2D eigenvalue weighted by atomic mass is 10.1. The van der Waals surface area contributed by atoms with Crippen LogP contribution >= 0.6 is 0 Å². The van der Waals surface area contributed by atoms with Gasteiger partial charge in [-0.3, -0.25) is 14.4 Å². The zero-order chi connectivity index (χ0) is 21.3. The maximum absolute atomic E-state index is 14.0. The van der Waals surface area contributed by atoms with Crippen LogP contribution in [0, 0.1) is 17.6 Å². The lowest BCUT2D eigenvalue weighted by Crippen LogP contribution is -2.52. The molecule has 0 bridgehead atoms. The molecular weight excluding hydrogens is 408 g/mol. The number of hydrogen-bond acceptors (Lipinski definition) is 5. The second-order valence-electron chi connectivity index (χ2n) is 7.21. The molecule has 2 aliphatic rings. The third-order valence-electron chi connectivity index (χ3n) is 5.08. The fourth-order valence-electron chi connectivity index (χ4n) is 3.42. The van der Waals surface area contributed by atoms with E-state index in [-0.39, 0.29) is 43.2 Å². The Labute approximate surface area is 166 Å². The summed E-state index contributed by atoms with van der Waals surface area (Å²) in [5, 5.41) is 2.54. The zero-order valence-electron chi connectivity index (χ0n) is 15.7. The van der Waals surface area contributed by atoms with Gasteiger partial charge in [0.05, 0.1) is 23.1 Å². The number of carbonyl (C=O) groups excluding carboxylic acids is 3. The van der Waals surface area contributed by atoms with Crippen LogP contribution in [0.15, 0.2) is 18.2 Å². The first kappa shape index (κ1) is 21.2. The first-order valence-corrected chi connectivity index (χ1v) is 10.9. The van der Waals surface area contributed by atoms with E-state index in [1.807, 2.05) is 0 Å². The van der Waals surface area contributed by atoms with Gasteiger partial charge in [-0.05, 0) is 19.1 Å². The largest absolute Gasteiger partial charge is 0.344 e. The molecule has 11 heteroatoms. The molecule has 0 radical (unpaired) electrons. The fourth-order valence-corrected chi connectivity index (χ4v) is 4.62. The number of benzene rings is 1. The average molecular weight is 429 g/mol. The first-order chi connectivity index (χ1) is 13.6. The quantitative estimate of drug-likeness (QED) is 0.730. The van der Waals surface area contributed by atoms with Crippen LogP contribution in [0.3, 0.4) is 0 Å². The Morgan fingerprint density at radius 1 is 1.21 bits per heavy atom. The molecular formula is C18H21F2N3O5S. The summed E-state index contributed by atoms with van der Waals surface area (Å²) < 4.78 is 50.0. The number of sulfone groups is 1. The molecule has 2 fully saturated rings. The molecule has 2 aliphatic heterocycles. The van der Waals surface area contributed by atoms with E-state index in [0.717, 1.165) is 17.0 Å². The Kier molecular flexibility index (Phi) is 5.87. The van der Waals surface area contributed by atoms with Gasteiger partial charge in [0.2, 0.25) is 17.7 Å². The van der Waals surface area contributed by atoms with E-state index in [0.29, 0.717) is 6.07 Å². The van der Waals surface area contributed by atoms with Gasteiger partial charge in [0, 0.05) is 32.1 Å². The van der Waals surface area contributed by atoms with E-state index < -0.39 is 51.2 Å². The predicted molar refractivity (Wildman–Crippen MR) is 99.7 cm³/mol. The normalized spacial score (nSPS) is 22.4. The topological polar surface area (TPSA) is 104 Å². The Hall–Kier alpha value is -2.56. The molecule has 2 saturated heterocycles. The van der Waals surface area contributed by atoms with Crippen molar-refractivity contribution in [3.8, 4) is 0 Å². The molecule has 8 nitrogen and oxygen atoms in total. The second-order valence-corrected chi connectivity index (χ2v) is 9.51. The van der Waals surface area contributed by atoms with Gasteiger partial charge in [-0.2, -0.15) is 0 Å². The van der Waals surface area contributed by atoms with Crippen LogP contribution in [0.2, 0.25) is 0 Å². The average Bonchev–Trinajstić information content (AvgIpc) is 3.03. The number of hydrogen-bond donors (Lipinski definition) is 1. The third-order valence-corrected chi connectivity index (χ3v) is 6.69. The van der Waals surface area contributed by atoms with Crippen molar-refractivity contribution in [2.75, 3.05) is 36.0 Å². The van der Waals surface area contributed by atoms with E-state index >= 15 is 0 Å². The van der Waals surface area contributed by atoms with Crippen molar-refractivity contribution in [3.05, 3.63) is 29.8 Å². The maximum Gasteiger partial charge on any atom is 0.244 e. The predicted octanol–water partition coefficient (Wildman–Crippen LogP) is 0.0794. The highest BCUT2D eigenvalue weighted by Gasteiger charge is 2.37. The molecule has 2 heterocycles.